The molecule has 1 aliphatic rings. The minimum atomic E-state index is -0.592. The highest BCUT2D eigenvalue weighted by Gasteiger charge is 2.38. The second-order valence-electron chi connectivity index (χ2n) is 8.36. The molecule has 0 aromatic heterocycles. The van der Waals surface area contributed by atoms with Crippen molar-refractivity contribution >= 4 is 23.6 Å². The Hall–Kier alpha value is -2.34. The lowest BCUT2D eigenvalue weighted by Crippen LogP contribution is -2.46. The van der Waals surface area contributed by atoms with E-state index in [2.05, 4.69) is 38.2 Å². The zero-order chi connectivity index (χ0) is 21.2. The summed E-state index contributed by atoms with van der Waals surface area (Å²) in [4.78, 5) is 26.9. The fourth-order valence-electron chi connectivity index (χ4n) is 3.32. The van der Waals surface area contributed by atoms with Crippen LogP contribution in [0.1, 0.15) is 49.8 Å². The lowest BCUT2D eigenvalue weighted by atomic mass is 9.86. The number of rotatable bonds is 5. The van der Waals surface area contributed by atoms with Crippen molar-refractivity contribution in [3.05, 3.63) is 71.0 Å². The van der Waals surface area contributed by atoms with Gasteiger partial charge in [-0.3, -0.25) is 9.59 Å². The van der Waals surface area contributed by atoms with Gasteiger partial charge in [-0.2, -0.15) is 0 Å². The number of carbonyl (C=O) groups excluding carboxylic acids is 2. The standard InChI is InChI=1S/C23H27FN2O2S/c1-15(21(28)25-13-16-5-11-19(24)12-6-16)26-20(27)14-29-22(26)17-7-9-18(10-8-17)23(2,3)4/h5-12,15,22H,13-14H2,1-4H3,(H,25,28). The minimum Gasteiger partial charge on any atom is -0.350 e. The first-order valence-corrected chi connectivity index (χ1v) is 10.8. The van der Waals surface area contributed by atoms with Gasteiger partial charge in [0.1, 0.15) is 17.2 Å². The Labute approximate surface area is 175 Å². The van der Waals surface area contributed by atoms with Gasteiger partial charge in [0.25, 0.3) is 0 Å². The predicted octanol–water partition coefficient (Wildman–Crippen LogP) is 4.40. The minimum absolute atomic E-state index is 0.0377. The number of nitrogens with zero attached hydrogens (tertiary/aromatic N) is 1. The van der Waals surface area contributed by atoms with Gasteiger partial charge in [0, 0.05) is 6.54 Å². The molecule has 154 valence electrons. The number of thioether (sulfide) groups is 1. The maximum atomic E-state index is 13.0. The summed E-state index contributed by atoms with van der Waals surface area (Å²) < 4.78 is 13.0. The molecule has 2 aromatic carbocycles. The van der Waals surface area contributed by atoms with Crippen LogP contribution in [0.2, 0.25) is 0 Å². The predicted molar refractivity (Wildman–Crippen MR) is 115 cm³/mol. The van der Waals surface area contributed by atoms with E-state index in [9.17, 15) is 14.0 Å². The second kappa shape index (κ2) is 8.57. The Morgan fingerprint density at radius 3 is 2.38 bits per heavy atom. The van der Waals surface area contributed by atoms with Crippen molar-refractivity contribution in [1.82, 2.24) is 10.2 Å². The molecule has 0 spiro atoms. The summed E-state index contributed by atoms with van der Waals surface area (Å²) in [5.74, 6) is -0.208. The quantitative estimate of drug-likeness (QED) is 0.789. The van der Waals surface area contributed by atoms with Crippen molar-refractivity contribution in [2.24, 2.45) is 0 Å². The number of benzene rings is 2. The average Bonchev–Trinajstić information content (AvgIpc) is 3.07. The molecule has 2 aromatic rings. The van der Waals surface area contributed by atoms with Crippen LogP contribution in [0.4, 0.5) is 4.39 Å². The SMILES string of the molecule is CC(C(=O)NCc1ccc(F)cc1)N1C(=O)CSC1c1ccc(C(C)(C)C)cc1. The summed E-state index contributed by atoms with van der Waals surface area (Å²) in [7, 11) is 0. The largest absolute Gasteiger partial charge is 0.350 e. The molecule has 6 heteroatoms. The molecule has 0 radical (unpaired) electrons. The topological polar surface area (TPSA) is 49.4 Å². The molecule has 0 saturated carbocycles. The second-order valence-corrected chi connectivity index (χ2v) is 9.43. The summed E-state index contributed by atoms with van der Waals surface area (Å²) >= 11 is 1.54. The van der Waals surface area contributed by atoms with Crippen LogP contribution in [-0.2, 0) is 21.5 Å². The van der Waals surface area contributed by atoms with Gasteiger partial charge in [-0.15, -0.1) is 11.8 Å². The van der Waals surface area contributed by atoms with E-state index in [1.165, 1.54) is 17.7 Å². The van der Waals surface area contributed by atoms with Crippen molar-refractivity contribution < 1.29 is 14.0 Å². The molecule has 1 aliphatic heterocycles. The monoisotopic (exact) mass is 414 g/mol. The zero-order valence-electron chi connectivity index (χ0n) is 17.2. The molecule has 2 unspecified atom stereocenters. The fourth-order valence-corrected chi connectivity index (χ4v) is 4.58. The van der Waals surface area contributed by atoms with E-state index in [1.54, 1.807) is 35.7 Å². The van der Waals surface area contributed by atoms with Gasteiger partial charge in [0.2, 0.25) is 11.8 Å². The van der Waals surface area contributed by atoms with Gasteiger partial charge in [-0.05, 0) is 41.2 Å². The summed E-state index contributed by atoms with van der Waals surface area (Å²) in [5.41, 5.74) is 3.12. The Bertz CT molecular complexity index is 875. The Kier molecular flexibility index (Phi) is 6.32. The van der Waals surface area contributed by atoms with Crippen LogP contribution in [0.15, 0.2) is 48.5 Å². The van der Waals surface area contributed by atoms with Crippen molar-refractivity contribution in [2.45, 2.75) is 51.1 Å². The number of hydrogen-bond acceptors (Lipinski definition) is 3. The summed E-state index contributed by atoms with van der Waals surface area (Å²) in [6.07, 6.45) is 0. The van der Waals surface area contributed by atoms with Crippen LogP contribution < -0.4 is 5.32 Å². The normalized spacial score (nSPS) is 18.0. The first-order valence-electron chi connectivity index (χ1n) is 9.72. The van der Waals surface area contributed by atoms with E-state index < -0.39 is 6.04 Å². The third-order valence-electron chi connectivity index (χ3n) is 5.14. The summed E-state index contributed by atoms with van der Waals surface area (Å²) in [6.45, 7) is 8.53. The van der Waals surface area contributed by atoms with Crippen molar-refractivity contribution in [1.29, 1.82) is 0 Å². The van der Waals surface area contributed by atoms with Crippen LogP contribution in [0.3, 0.4) is 0 Å². The Morgan fingerprint density at radius 1 is 1.17 bits per heavy atom. The molecule has 1 N–H and O–H groups in total. The number of nitrogens with one attached hydrogen (secondary N) is 1. The molecule has 0 aliphatic carbocycles. The third kappa shape index (κ3) is 4.99. The van der Waals surface area contributed by atoms with Crippen LogP contribution in [0, 0.1) is 5.82 Å². The van der Waals surface area contributed by atoms with Gasteiger partial charge in [0.15, 0.2) is 0 Å². The highest BCUT2D eigenvalue weighted by Crippen LogP contribution is 2.40. The summed E-state index contributed by atoms with van der Waals surface area (Å²) in [5, 5.41) is 2.67. The zero-order valence-corrected chi connectivity index (χ0v) is 18.1. The van der Waals surface area contributed by atoms with Gasteiger partial charge in [-0.1, -0.05) is 57.2 Å². The number of carbonyl (C=O) groups is 2. The van der Waals surface area contributed by atoms with Crippen molar-refractivity contribution in [3.8, 4) is 0 Å². The van der Waals surface area contributed by atoms with Crippen LogP contribution >= 0.6 is 11.8 Å². The Morgan fingerprint density at radius 2 is 1.79 bits per heavy atom. The highest BCUT2D eigenvalue weighted by atomic mass is 32.2. The van der Waals surface area contributed by atoms with E-state index in [-0.39, 0.29) is 28.4 Å². The molecular weight excluding hydrogens is 387 g/mol. The lowest BCUT2D eigenvalue weighted by molar-refractivity contribution is -0.137. The maximum absolute atomic E-state index is 13.0. The van der Waals surface area contributed by atoms with Gasteiger partial charge in [-0.25, -0.2) is 4.39 Å². The lowest BCUT2D eigenvalue weighted by Gasteiger charge is -2.30. The molecule has 1 saturated heterocycles. The third-order valence-corrected chi connectivity index (χ3v) is 6.37. The molecule has 2 amide bonds. The van der Waals surface area contributed by atoms with Gasteiger partial charge >= 0.3 is 0 Å². The number of halogens is 1. The van der Waals surface area contributed by atoms with E-state index >= 15 is 0 Å². The van der Waals surface area contributed by atoms with Crippen LogP contribution in [0.25, 0.3) is 0 Å². The molecule has 0 bridgehead atoms. The molecule has 2 atom stereocenters. The molecule has 1 fully saturated rings. The molecule has 3 rings (SSSR count). The smallest absolute Gasteiger partial charge is 0.242 e. The molecule has 29 heavy (non-hydrogen) atoms. The first-order chi connectivity index (χ1) is 13.7. The van der Waals surface area contributed by atoms with Crippen LogP contribution in [0.5, 0.6) is 0 Å². The first kappa shape index (κ1) is 21.4. The van der Waals surface area contributed by atoms with Crippen molar-refractivity contribution in [2.75, 3.05) is 5.75 Å². The number of amides is 2. The average molecular weight is 415 g/mol. The van der Waals surface area contributed by atoms with Gasteiger partial charge in [0.05, 0.1) is 5.75 Å². The fraction of sp³-hybridized carbons (Fsp3) is 0.391. The maximum Gasteiger partial charge on any atom is 0.242 e. The van der Waals surface area contributed by atoms with E-state index in [0.29, 0.717) is 12.3 Å². The Balaban J connectivity index is 1.70. The van der Waals surface area contributed by atoms with Crippen molar-refractivity contribution in [3.63, 3.8) is 0 Å². The van der Waals surface area contributed by atoms with Crippen LogP contribution in [-0.4, -0.2) is 28.5 Å². The molecule has 1 heterocycles. The molecular formula is C23H27FN2O2S. The highest BCUT2D eigenvalue weighted by molar-refractivity contribution is 8.00. The summed E-state index contributed by atoms with van der Waals surface area (Å²) in [6, 6.07) is 13.7. The molecule has 4 nitrogen and oxygen atoms in total. The van der Waals surface area contributed by atoms with E-state index in [0.717, 1.165) is 11.1 Å². The number of hydrogen-bond donors (Lipinski definition) is 1. The van der Waals surface area contributed by atoms with E-state index in [4.69, 9.17) is 0 Å². The van der Waals surface area contributed by atoms with Gasteiger partial charge < -0.3 is 10.2 Å². The van der Waals surface area contributed by atoms with E-state index in [1.807, 2.05) is 12.1 Å².